The largest absolute Gasteiger partial charge is 0.495 e. The Bertz CT molecular complexity index is 1180. The van der Waals surface area contributed by atoms with Crippen molar-refractivity contribution in [3.8, 4) is 5.75 Å². The highest BCUT2D eigenvalue weighted by molar-refractivity contribution is 7.89. The van der Waals surface area contributed by atoms with Gasteiger partial charge in [0.1, 0.15) is 22.4 Å². The van der Waals surface area contributed by atoms with Crippen LogP contribution in [0, 0.1) is 0 Å². The monoisotopic (exact) mass is 434 g/mol. The Kier molecular flexibility index (Phi) is 6.07. The van der Waals surface area contributed by atoms with Crippen LogP contribution in [0.2, 0.25) is 5.15 Å². The van der Waals surface area contributed by atoms with Crippen LogP contribution in [0.3, 0.4) is 0 Å². The van der Waals surface area contributed by atoms with Crippen molar-refractivity contribution < 1.29 is 22.7 Å². The van der Waals surface area contributed by atoms with Crippen LogP contribution < -0.4 is 4.74 Å². The van der Waals surface area contributed by atoms with Gasteiger partial charge in [-0.15, -0.1) is 0 Å². The molecule has 152 valence electrons. The number of rotatable bonds is 6. The van der Waals surface area contributed by atoms with Crippen LogP contribution in [-0.2, 0) is 21.4 Å². The van der Waals surface area contributed by atoms with Crippen LogP contribution in [0.1, 0.15) is 15.9 Å². The maximum Gasteiger partial charge on any atom is 0.338 e. The first-order valence-electron chi connectivity index (χ1n) is 8.56. The number of benzene rings is 2. The summed E-state index contributed by atoms with van der Waals surface area (Å²) in [6, 6.07) is 13.3. The normalized spacial score (nSPS) is 11.6. The zero-order valence-corrected chi connectivity index (χ0v) is 17.6. The predicted octanol–water partition coefficient (Wildman–Crippen LogP) is 3.50. The molecule has 1 aromatic heterocycles. The Morgan fingerprint density at radius 2 is 1.86 bits per heavy atom. The first-order valence-corrected chi connectivity index (χ1v) is 10.4. The van der Waals surface area contributed by atoms with E-state index in [1.54, 1.807) is 6.07 Å². The smallest absolute Gasteiger partial charge is 0.338 e. The SMILES string of the molecule is COc1ccc(C(=O)OCc2cc3ccccc3nc2Cl)cc1S(=O)(=O)N(C)C. The highest BCUT2D eigenvalue weighted by atomic mass is 35.5. The molecule has 9 heteroatoms. The second-order valence-corrected chi connectivity index (χ2v) is 8.84. The van der Waals surface area contributed by atoms with Gasteiger partial charge in [0, 0.05) is 25.0 Å². The summed E-state index contributed by atoms with van der Waals surface area (Å²) in [5, 5.41) is 1.11. The van der Waals surface area contributed by atoms with Crippen LogP contribution >= 0.6 is 11.6 Å². The summed E-state index contributed by atoms with van der Waals surface area (Å²) in [6.07, 6.45) is 0. The lowest BCUT2D eigenvalue weighted by Crippen LogP contribution is -2.23. The maximum atomic E-state index is 12.5. The van der Waals surface area contributed by atoms with E-state index in [9.17, 15) is 13.2 Å². The van der Waals surface area contributed by atoms with Gasteiger partial charge in [-0.3, -0.25) is 0 Å². The summed E-state index contributed by atoms with van der Waals surface area (Å²) in [6.45, 7) is -0.0999. The standard InChI is InChI=1S/C20H19ClN2O5S/c1-23(2)29(25,26)18-11-14(8-9-17(18)27-3)20(24)28-12-15-10-13-6-4-5-7-16(13)22-19(15)21/h4-11H,12H2,1-3H3. The minimum Gasteiger partial charge on any atom is -0.495 e. The second-order valence-electron chi connectivity index (χ2n) is 6.36. The van der Waals surface area contributed by atoms with E-state index in [2.05, 4.69) is 4.98 Å². The molecule has 0 bridgehead atoms. The number of carbonyl (C=O) groups is 1. The quantitative estimate of drug-likeness (QED) is 0.436. The van der Waals surface area contributed by atoms with Crippen molar-refractivity contribution in [1.82, 2.24) is 9.29 Å². The van der Waals surface area contributed by atoms with E-state index in [-0.39, 0.29) is 28.0 Å². The Labute approximate surface area is 173 Å². The van der Waals surface area contributed by atoms with Gasteiger partial charge in [0.15, 0.2) is 0 Å². The Balaban J connectivity index is 1.85. The molecule has 0 spiro atoms. The fraction of sp³-hybridized carbons (Fsp3) is 0.200. The molecule has 0 saturated heterocycles. The molecule has 0 N–H and O–H groups in total. The highest BCUT2D eigenvalue weighted by Crippen LogP contribution is 2.27. The molecule has 3 rings (SSSR count). The van der Waals surface area contributed by atoms with Gasteiger partial charge in [0.2, 0.25) is 10.0 Å². The molecular formula is C20H19ClN2O5S. The third kappa shape index (κ3) is 4.34. The number of sulfonamides is 1. The van der Waals surface area contributed by atoms with Gasteiger partial charge in [-0.2, -0.15) is 0 Å². The fourth-order valence-electron chi connectivity index (χ4n) is 2.67. The van der Waals surface area contributed by atoms with Crippen molar-refractivity contribution in [2.45, 2.75) is 11.5 Å². The first-order chi connectivity index (χ1) is 13.7. The van der Waals surface area contributed by atoms with Crippen molar-refractivity contribution in [3.05, 3.63) is 64.8 Å². The minimum atomic E-state index is -3.80. The number of fused-ring (bicyclic) bond motifs is 1. The number of halogens is 1. The van der Waals surface area contributed by atoms with Gasteiger partial charge in [-0.25, -0.2) is 22.5 Å². The van der Waals surface area contributed by atoms with E-state index in [0.717, 1.165) is 15.2 Å². The van der Waals surface area contributed by atoms with Crippen LogP contribution in [0.5, 0.6) is 5.75 Å². The molecule has 0 unspecified atom stereocenters. The van der Waals surface area contributed by atoms with E-state index in [0.29, 0.717) is 5.56 Å². The number of pyridine rings is 1. The molecule has 0 saturated carbocycles. The topological polar surface area (TPSA) is 85.8 Å². The first kappa shape index (κ1) is 21.0. The van der Waals surface area contributed by atoms with Crippen molar-refractivity contribution in [3.63, 3.8) is 0 Å². The number of para-hydroxylation sites is 1. The Morgan fingerprint density at radius 3 is 2.55 bits per heavy atom. The van der Waals surface area contributed by atoms with Gasteiger partial charge < -0.3 is 9.47 Å². The Morgan fingerprint density at radius 1 is 1.14 bits per heavy atom. The number of methoxy groups -OCH3 is 1. The second kappa shape index (κ2) is 8.36. The lowest BCUT2D eigenvalue weighted by molar-refractivity contribution is 0.0472. The molecule has 0 aliphatic carbocycles. The molecule has 0 amide bonds. The number of hydrogen-bond acceptors (Lipinski definition) is 6. The molecule has 0 aliphatic heterocycles. The molecule has 0 aliphatic rings. The molecule has 29 heavy (non-hydrogen) atoms. The summed E-state index contributed by atoms with van der Waals surface area (Å²) in [4.78, 5) is 16.7. The molecule has 2 aromatic carbocycles. The number of nitrogens with zero attached hydrogens (tertiary/aromatic N) is 2. The van der Waals surface area contributed by atoms with Gasteiger partial charge >= 0.3 is 5.97 Å². The van der Waals surface area contributed by atoms with Crippen molar-refractivity contribution in [1.29, 1.82) is 0 Å². The van der Waals surface area contributed by atoms with Crippen molar-refractivity contribution >= 4 is 38.5 Å². The third-order valence-electron chi connectivity index (χ3n) is 4.27. The summed E-state index contributed by atoms with van der Waals surface area (Å²) < 4.78 is 36.5. The van der Waals surface area contributed by atoms with E-state index in [4.69, 9.17) is 21.1 Å². The van der Waals surface area contributed by atoms with Crippen molar-refractivity contribution in [2.75, 3.05) is 21.2 Å². The summed E-state index contributed by atoms with van der Waals surface area (Å²) in [5.74, 6) is -0.552. The molecule has 0 atom stereocenters. The number of ether oxygens (including phenoxy) is 2. The third-order valence-corrected chi connectivity index (χ3v) is 6.43. The molecule has 0 fully saturated rings. The zero-order valence-electron chi connectivity index (χ0n) is 16.0. The molecule has 7 nitrogen and oxygen atoms in total. The van der Waals surface area contributed by atoms with Crippen LogP contribution in [0.25, 0.3) is 10.9 Å². The lowest BCUT2D eigenvalue weighted by atomic mass is 10.1. The number of hydrogen-bond donors (Lipinski definition) is 0. The van der Waals surface area contributed by atoms with E-state index < -0.39 is 16.0 Å². The zero-order chi connectivity index (χ0) is 21.2. The van der Waals surface area contributed by atoms with Gasteiger partial charge in [0.05, 0.1) is 18.2 Å². The maximum absolute atomic E-state index is 12.5. The number of aromatic nitrogens is 1. The molecule has 3 aromatic rings. The summed E-state index contributed by atoms with van der Waals surface area (Å²) in [7, 11) is 0.348. The van der Waals surface area contributed by atoms with Crippen molar-refractivity contribution in [2.24, 2.45) is 0 Å². The van der Waals surface area contributed by atoms with Crippen LogP contribution in [0.15, 0.2) is 53.4 Å². The fourth-order valence-corrected chi connectivity index (χ4v) is 3.94. The molecule has 0 radical (unpaired) electrons. The molecular weight excluding hydrogens is 416 g/mol. The predicted molar refractivity (Wildman–Crippen MR) is 110 cm³/mol. The number of carbonyl (C=O) groups excluding carboxylic acids is 1. The number of esters is 1. The minimum absolute atomic E-state index is 0.0797. The average molecular weight is 435 g/mol. The van der Waals surface area contributed by atoms with Gasteiger partial charge in [-0.1, -0.05) is 29.8 Å². The van der Waals surface area contributed by atoms with Gasteiger partial charge in [0.25, 0.3) is 0 Å². The Hall–Kier alpha value is -2.68. The highest BCUT2D eigenvalue weighted by Gasteiger charge is 2.24. The average Bonchev–Trinajstić information content (AvgIpc) is 2.71. The summed E-state index contributed by atoms with van der Waals surface area (Å²) >= 11 is 6.19. The summed E-state index contributed by atoms with van der Waals surface area (Å²) in [5.41, 5.74) is 1.37. The van der Waals surface area contributed by atoms with Gasteiger partial charge in [-0.05, 0) is 30.3 Å². The van der Waals surface area contributed by atoms with Crippen LogP contribution in [0.4, 0.5) is 0 Å². The lowest BCUT2D eigenvalue weighted by Gasteiger charge is -2.15. The van der Waals surface area contributed by atoms with E-state index in [1.165, 1.54) is 39.4 Å². The van der Waals surface area contributed by atoms with E-state index >= 15 is 0 Å². The van der Waals surface area contributed by atoms with E-state index in [1.807, 2.05) is 24.3 Å². The van der Waals surface area contributed by atoms with Crippen LogP contribution in [-0.4, -0.2) is 44.9 Å². The molecule has 1 heterocycles.